The van der Waals surface area contributed by atoms with Crippen LogP contribution in [0, 0.1) is 22.9 Å². The molecule has 0 saturated carbocycles. The number of carboxylic acid groups (broad SMARTS) is 1. The van der Waals surface area contributed by atoms with Crippen molar-refractivity contribution in [2.45, 2.75) is 20.0 Å². The Balaban J connectivity index is 2.06. The number of carbonyl (C=O) groups is 1. The molecule has 31 heavy (non-hydrogen) atoms. The van der Waals surface area contributed by atoms with Crippen LogP contribution in [0.3, 0.4) is 0 Å². The molecule has 0 spiro atoms. The predicted octanol–water partition coefficient (Wildman–Crippen LogP) is 5.14. The van der Waals surface area contributed by atoms with Gasteiger partial charge >= 0.3 is 5.97 Å². The second-order valence-electron chi connectivity index (χ2n) is 7.35. The number of non-ortho nitro benzene ring substituents is 1. The standard InChI is InChI=1S/C22H22FN3O4S/c1-13-5-4-6-18(23)16(13)11-24-21-19(22(27)28)17(12-25(2)3)20(31-21)14-7-9-15(10-8-14)26(29)30/h4-10,24H,11-12H2,1-3H3,(H,27,28). The lowest BCUT2D eigenvalue weighted by molar-refractivity contribution is -0.384. The number of carboxylic acids is 1. The average molecular weight is 444 g/mol. The maximum absolute atomic E-state index is 14.2. The molecule has 7 nitrogen and oxygen atoms in total. The fourth-order valence-corrected chi connectivity index (χ4v) is 4.51. The van der Waals surface area contributed by atoms with Crippen molar-refractivity contribution in [2.24, 2.45) is 0 Å². The van der Waals surface area contributed by atoms with Gasteiger partial charge in [-0.1, -0.05) is 12.1 Å². The first-order valence-corrected chi connectivity index (χ1v) is 10.3. The predicted molar refractivity (Wildman–Crippen MR) is 119 cm³/mol. The highest BCUT2D eigenvalue weighted by Crippen LogP contribution is 2.41. The Morgan fingerprint density at radius 2 is 1.87 bits per heavy atom. The van der Waals surface area contributed by atoms with Gasteiger partial charge < -0.3 is 15.3 Å². The molecule has 2 aromatic carbocycles. The summed E-state index contributed by atoms with van der Waals surface area (Å²) in [6.07, 6.45) is 0. The van der Waals surface area contributed by atoms with Crippen LogP contribution in [0.4, 0.5) is 15.1 Å². The average Bonchev–Trinajstić information content (AvgIpc) is 3.05. The van der Waals surface area contributed by atoms with E-state index in [4.69, 9.17) is 0 Å². The fourth-order valence-electron chi connectivity index (χ4n) is 3.31. The first-order valence-electron chi connectivity index (χ1n) is 9.45. The zero-order valence-corrected chi connectivity index (χ0v) is 18.1. The van der Waals surface area contributed by atoms with Crippen molar-refractivity contribution in [1.29, 1.82) is 0 Å². The van der Waals surface area contributed by atoms with Gasteiger partial charge in [0.1, 0.15) is 10.8 Å². The van der Waals surface area contributed by atoms with Crippen LogP contribution in [-0.4, -0.2) is 35.0 Å². The molecule has 0 aliphatic carbocycles. The third-order valence-corrected chi connectivity index (χ3v) is 6.05. The molecule has 0 aliphatic heterocycles. The molecular formula is C22H22FN3O4S. The summed E-state index contributed by atoms with van der Waals surface area (Å²) in [7, 11) is 3.66. The molecule has 0 amide bonds. The first-order chi connectivity index (χ1) is 14.7. The third kappa shape index (κ3) is 4.89. The number of hydrogen-bond donors (Lipinski definition) is 2. The van der Waals surface area contributed by atoms with Gasteiger partial charge in [-0.3, -0.25) is 10.1 Å². The largest absolute Gasteiger partial charge is 0.478 e. The highest BCUT2D eigenvalue weighted by molar-refractivity contribution is 7.20. The van der Waals surface area contributed by atoms with Crippen LogP contribution in [0.2, 0.25) is 0 Å². The van der Waals surface area contributed by atoms with Crippen LogP contribution in [0.15, 0.2) is 42.5 Å². The summed E-state index contributed by atoms with van der Waals surface area (Å²) in [6, 6.07) is 10.8. The lowest BCUT2D eigenvalue weighted by Gasteiger charge is -2.13. The van der Waals surface area contributed by atoms with Crippen LogP contribution in [0.1, 0.15) is 27.0 Å². The van der Waals surface area contributed by atoms with E-state index in [1.165, 1.54) is 29.5 Å². The van der Waals surface area contributed by atoms with Gasteiger partial charge in [0.15, 0.2) is 0 Å². The van der Waals surface area contributed by atoms with Crippen LogP contribution >= 0.6 is 11.3 Å². The van der Waals surface area contributed by atoms with Crippen LogP contribution in [0.25, 0.3) is 10.4 Å². The quantitative estimate of drug-likeness (QED) is 0.370. The smallest absolute Gasteiger partial charge is 0.339 e. The lowest BCUT2D eigenvalue weighted by atomic mass is 10.0. The molecule has 3 rings (SSSR count). The monoisotopic (exact) mass is 443 g/mol. The van der Waals surface area contributed by atoms with E-state index in [-0.39, 0.29) is 23.6 Å². The molecule has 0 radical (unpaired) electrons. The molecular weight excluding hydrogens is 421 g/mol. The second kappa shape index (κ2) is 9.23. The molecule has 162 valence electrons. The number of rotatable bonds is 8. The highest BCUT2D eigenvalue weighted by Gasteiger charge is 2.25. The number of benzene rings is 2. The first kappa shape index (κ1) is 22.4. The van der Waals surface area contributed by atoms with E-state index in [9.17, 15) is 24.4 Å². The minimum absolute atomic E-state index is 0.0405. The summed E-state index contributed by atoms with van der Waals surface area (Å²) in [4.78, 5) is 25.2. The van der Waals surface area contributed by atoms with Crippen LogP contribution in [-0.2, 0) is 13.1 Å². The third-order valence-electron chi connectivity index (χ3n) is 4.81. The number of thiophene rings is 1. The number of hydrogen-bond acceptors (Lipinski definition) is 6. The van der Waals surface area contributed by atoms with Gasteiger partial charge in [-0.25, -0.2) is 9.18 Å². The van der Waals surface area contributed by atoms with Gasteiger partial charge in [0.05, 0.1) is 10.5 Å². The van der Waals surface area contributed by atoms with Gasteiger partial charge in [-0.05, 0) is 50.3 Å². The molecule has 9 heteroatoms. The molecule has 0 aliphatic rings. The normalized spacial score (nSPS) is 11.0. The summed E-state index contributed by atoms with van der Waals surface area (Å²) in [5.41, 5.74) is 2.61. The van der Waals surface area contributed by atoms with Gasteiger partial charge in [0.2, 0.25) is 0 Å². The zero-order chi connectivity index (χ0) is 22.7. The summed E-state index contributed by atoms with van der Waals surface area (Å²) in [5, 5.41) is 24.4. The summed E-state index contributed by atoms with van der Waals surface area (Å²) < 4.78 is 14.2. The van der Waals surface area contributed by atoms with E-state index in [1.54, 1.807) is 31.2 Å². The van der Waals surface area contributed by atoms with Crippen molar-refractivity contribution >= 4 is 28.0 Å². The maximum atomic E-state index is 14.2. The Morgan fingerprint density at radius 1 is 1.19 bits per heavy atom. The minimum Gasteiger partial charge on any atom is -0.478 e. The van der Waals surface area contributed by atoms with Crippen molar-refractivity contribution < 1.29 is 19.2 Å². The number of aryl methyl sites for hydroxylation is 1. The maximum Gasteiger partial charge on any atom is 0.339 e. The highest BCUT2D eigenvalue weighted by atomic mass is 32.1. The Labute approximate surface area is 182 Å². The summed E-state index contributed by atoms with van der Waals surface area (Å²) in [6.45, 7) is 2.30. The number of nitro benzene ring substituents is 1. The van der Waals surface area contributed by atoms with E-state index in [0.29, 0.717) is 33.1 Å². The second-order valence-corrected chi connectivity index (χ2v) is 8.37. The Bertz CT molecular complexity index is 1110. The molecule has 1 heterocycles. The van der Waals surface area contributed by atoms with Gasteiger partial charge in [-0.2, -0.15) is 0 Å². The Hall–Kier alpha value is -3.30. The SMILES string of the molecule is Cc1cccc(F)c1CNc1sc(-c2ccc([N+](=O)[O-])cc2)c(CN(C)C)c1C(=O)O. The van der Waals surface area contributed by atoms with E-state index < -0.39 is 10.9 Å². The molecule has 1 aromatic heterocycles. The number of aromatic carboxylic acids is 1. The van der Waals surface area contributed by atoms with Gasteiger partial charge in [0, 0.05) is 41.2 Å². The van der Waals surface area contributed by atoms with E-state index >= 15 is 0 Å². The van der Waals surface area contributed by atoms with Crippen molar-refractivity contribution in [3.8, 4) is 10.4 Å². The van der Waals surface area contributed by atoms with Crippen LogP contribution < -0.4 is 5.32 Å². The number of anilines is 1. The summed E-state index contributed by atoms with van der Waals surface area (Å²) >= 11 is 1.24. The molecule has 0 atom stereocenters. The molecule has 0 bridgehead atoms. The fraction of sp³-hybridized carbons (Fsp3) is 0.227. The molecule has 0 saturated heterocycles. The van der Waals surface area contributed by atoms with E-state index in [2.05, 4.69) is 5.32 Å². The molecule has 0 unspecified atom stereocenters. The van der Waals surface area contributed by atoms with Crippen molar-refractivity contribution in [3.63, 3.8) is 0 Å². The van der Waals surface area contributed by atoms with Crippen LogP contribution in [0.5, 0.6) is 0 Å². The molecule has 0 fully saturated rings. The lowest BCUT2D eigenvalue weighted by Crippen LogP contribution is -2.14. The van der Waals surface area contributed by atoms with E-state index in [1.807, 2.05) is 19.0 Å². The minimum atomic E-state index is -1.09. The van der Waals surface area contributed by atoms with Crippen molar-refractivity contribution in [3.05, 3.63) is 80.6 Å². The summed E-state index contributed by atoms with van der Waals surface area (Å²) in [5.74, 6) is -1.45. The topological polar surface area (TPSA) is 95.7 Å². The van der Waals surface area contributed by atoms with Gasteiger partial charge in [-0.15, -0.1) is 11.3 Å². The zero-order valence-electron chi connectivity index (χ0n) is 17.3. The van der Waals surface area contributed by atoms with Crippen molar-refractivity contribution in [2.75, 3.05) is 19.4 Å². The Kier molecular flexibility index (Phi) is 6.67. The van der Waals surface area contributed by atoms with E-state index in [0.717, 1.165) is 5.56 Å². The molecule has 2 N–H and O–H groups in total. The Morgan fingerprint density at radius 3 is 2.42 bits per heavy atom. The van der Waals surface area contributed by atoms with Gasteiger partial charge in [0.25, 0.3) is 5.69 Å². The number of nitro groups is 1. The molecule has 3 aromatic rings. The number of nitrogens with one attached hydrogen (secondary N) is 1. The number of nitrogens with zero attached hydrogens (tertiary/aromatic N) is 2. The number of halogens is 1. The van der Waals surface area contributed by atoms with Crippen molar-refractivity contribution in [1.82, 2.24) is 4.90 Å².